The van der Waals surface area contributed by atoms with Gasteiger partial charge in [-0.25, -0.2) is 9.78 Å². The van der Waals surface area contributed by atoms with E-state index in [0.717, 1.165) is 31.2 Å². The minimum Gasteiger partial charge on any atom is -0.403 e. The Bertz CT molecular complexity index is 733. The Morgan fingerprint density at radius 1 is 1.43 bits per heavy atom. The SMILES string of the molecule is Cc1ccn2c(=O)c(OC(=O)NC3CCCC3)cnc2c1. The average molecular weight is 287 g/mol. The van der Waals surface area contributed by atoms with Gasteiger partial charge in [0.15, 0.2) is 0 Å². The molecule has 0 aliphatic heterocycles. The van der Waals surface area contributed by atoms with Gasteiger partial charge in [0.25, 0.3) is 0 Å². The van der Waals surface area contributed by atoms with Gasteiger partial charge in [-0.15, -0.1) is 0 Å². The zero-order chi connectivity index (χ0) is 14.8. The van der Waals surface area contributed by atoms with Crippen molar-refractivity contribution in [1.29, 1.82) is 0 Å². The Morgan fingerprint density at radius 2 is 2.19 bits per heavy atom. The summed E-state index contributed by atoms with van der Waals surface area (Å²) in [5, 5.41) is 2.77. The largest absolute Gasteiger partial charge is 0.413 e. The number of aryl methyl sites for hydroxylation is 1. The van der Waals surface area contributed by atoms with Gasteiger partial charge in [0.2, 0.25) is 5.75 Å². The van der Waals surface area contributed by atoms with Crippen LogP contribution in [0.1, 0.15) is 31.2 Å². The number of nitrogens with zero attached hydrogens (tertiary/aromatic N) is 2. The molecule has 2 aromatic heterocycles. The molecule has 21 heavy (non-hydrogen) atoms. The van der Waals surface area contributed by atoms with Gasteiger partial charge >= 0.3 is 11.7 Å². The van der Waals surface area contributed by atoms with Crippen LogP contribution in [0.5, 0.6) is 5.75 Å². The van der Waals surface area contributed by atoms with Gasteiger partial charge in [-0.3, -0.25) is 9.20 Å². The topological polar surface area (TPSA) is 72.7 Å². The molecule has 110 valence electrons. The first kappa shape index (κ1) is 13.6. The molecule has 6 heteroatoms. The summed E-state index contributed by atoms with van der Waals surface area (Å²) in [7, 11) is 0. The van der Waals surface area contributed by atoms with Crippen molar-refractivity contribution in [3.05, 3.63) is 40.4 Å². The number of aromatic nitrogens is 2. The number of hydrogen-bond acceptors (Lipinski definition) is 4. The molecule has 1 saturated carbocycles. The number of pyridine rings is 1. The average Bonchev–Trinajstić information content (AvgIpc) is 2.94. The van der Waals surface area contributed by atoms with Crippen LogP contribution < -0.4 is 15.6 Å². The summed E-state index contributed by atoms with van der Waals surface area (Å²) in [5.41, 5.74) is 1.15. The quantitative estimate of drug-likeness (QED) is 0.917. The highest BCUT2D eigenvalue weighted by atomic mass is 16.6. The molecule has 0 aromatic carbocycles. The Morgan fingerprint density at radius 3 is 2.95 bits per heavy atom. The number of hydrogen-bond donors (Lipinski definition) is 1. The molecule has 1 N–H and O–H groups in total. The van der Waals surface area contributed by atoms with E-state index in [1.807, 2.05) is 6.92 Å². The van der Waals surface area contributed by atoms with Gasteiger partial charge in [0, 0.05) is 12.2 Å². The van der Waals surface area contributed by atoms with Crippen LogP contribution >= 0.6 is 0 Å². The number of carbonyl (C=O) groups excluding carboxylic acids is 1. The van der Waals surface area contributed by atoms with Crippen molar-refractivity contribution >= 4 is 11.7 Å². The van der Waals surface area contributed by atoms with Crippen LogP contribution in [0.3, 0.4) is 0 Å². The summed E-state index contributed by atoms with van der Waals surface area (Å²) < 4.78 is 6.47. The normalized spacial score (nSPS) is 15.3. The molecule has 1 aliphatic carbocycles. The van der Waals surface area contributed by atoms with E-state index < -0.39 is 6.09 Å². The molecule has 1 amide bonds. The summed E-state index contributed by atoms with van der Waals surface area (Å²) >= 11 is 0. The Balaban J connectivity index is 1.80. The van der Waals surface area contributed by atoms with E-state index >= 15 is 0 Å². The minimum atomic E-state index is -0.590. The zero-order valence-corrected chi connectivity index (χ0v) is 11.8. The Labute approximate surface area is 121 Å². The van der Waals surface area contributed by atoms with Gasteiger partial charge in [0.1, 0.15) is 5.65 Å². The van der Waals surface area contributed by atoms with Crippen LogP contribution in [-0.2, 0) is 0 Å². The highest BCUT2D eigenvalue weighted by Gasteiger charge is 2.19. The van der Waals surface area contributed by atoms with E-state index in [-0.39, 0.29) is 17.4 Å². The van der Waals surface area contributed by atoms with Crippen LogP contribution in [0.25, 0.3) is 5.65 Å². The summed E-state index contributed by atoms with van der Waals surface area (Å²) in [4.78, 5) is 28.2. The lowest BCUT2D eigenvalue weighted by molar-refractivity contribution is 0.195. The smallest absolute Gasteiger partial charge is 0.403 e. The summed E-state index contributed by atoms with van der Waals surface area (Å²) in [6.07, 6.45) is 6.49. The third-order valence-electron chi connectivity index (χ3n) is 3.71. The summed E-state index contributed by atoms with van der Waals surface area (Å²) in [6, 6.07) is 3.75. The molecule has 0 atom stereocenters. The molecule has 1 fully saturated rings. The number of ether oxygens (including phenoxy) is 1. The molecule has 3 rings (SSSR count). The predicted molar refractivity (Wildman–Crippen MR) is 77.6 cm³/mol. The third-order valence-corrected chi connectivity index (χ3v) is 3.71. The molecule has 0 spiro atoms. The number of rotatable bonds is 2. The molecule has 6 nitrogen and oxygen atoms in total. The van der Waals surface area contributed by atoms with Crippen LogP contribution in [0.2, 0.25) is 0 Å². The van der Waals surface area contributed by atoms with Crippen LogP contribution in [0, 0.1) is 6.92 Å². The van der Waals surface area contributed by atoms with Gasteiger partial charge < -0.3 is 10.1 Å². The first-order valence-electron chi connectivity index (χ1n) is 7.10. The molecule has 2 aromatic rings. The van der Waals surface area contributed by atoms with E-state index in [2.05, 4.69) is 10.3 Å². The monoisotopic (exact) mass is 287 g/mol. The Hall–Kier alpha value is -2.37. The van der Waals surface area contributed by atoms with Crippen molar-refractivity contribution in [1.82, 2.24) is 14.7 Å². The van der Waals surface area contributed by atoms with Crippen LogP contribution in [0.15, 0.2) is 29.3 Å². The van der Waals surface area contributed by atoms with Crippen molar-refractivity contribution in [2.24, 2.45) is 0 Å². The predicted octanol–water partition coefficient (Wildman–Crippen LogP) is 2.03. The maximum absolute atomic E-state index is 12.2. The van der Waals surface area contributed by atoms with Gasteiger partial charge in [-0.2, -0.15) is 0 Å². The van der Waals surface area contributed by atoms with E-state index in [9.17, 15) is 9.59 Å². The fraction of sp³-hybridized carbons (Fsp3) is 0.400. The van der Waals surface area contributed by atoms with E-state index in [1.54, 1.807) is 18.3 Å². The molecule has 1 aliphatic rings. The fourth-order valence-corrected chi connectivity index (χ4v) is 2.60. The molecule has 0 unspecified atom stereocenters. The van der Waals surface area contributed by atoms with Crippen molar-refractivity contribution in [3.8, 4) is 5.75 Å². The first-order chi connectivity index (χ1) is 10.1. The van der Waals surface area contributed by atoms with Crippen molar-refractivity contribution in [2.75, 3.05) is 0 Å². The standard InChI is InChI=1S/C15H17N3O3/c1-10-6-7-18-13(8-10)16-9-12(14(18)19)21-15(20)17-11-4-2-3-5-11/h6-9,11H,2-5H2,1H3,(H,17,20). The maximum atomic E-state index is 12.2. The molecule has 0 saturated heterocycles. The first-order valence-corrected chi connectivity index (χ1v) is 7.10. The number of fused-ring (bicyclic) bond motifs is 1. The zero-order valence-electron chi connectivity index (χ0n) is 11.8. The van der Waals surface area contributed by atoms with E-state index in [0.29, 0.717) is 5.65 Å². The molecular weight excluding hydrogens is 270 g/mol. The van der Waals surface area contributed by atoms with Crippen LogP contribution in [0.4, 0.5) is 4.79 Å². The van der Waals surface area contributed by atoms with E-state index in [4.69, 9.17) is 4.74 Å². The lowest BCUT2D eigenvalue weighted by atomic mass is 10.3. The fourth-order valence-electron chi connectivity index (χ4n) is 2.60. The van der Waals surface area contributed by atoms with Gasteiger partial charge in [-0.05, 0) is 37.5 Å². The second-order valence-electron chi connectivity index (χ2n) is 5.38. The number of nitrogens with one attached hydrogen (secondary N) is 1. The third kappa shape index (κ3) is 2.89. The second kappa shape index (κ2) is 5.55. The van der Waals surface area contributed by atoms with Crippen LogP contribution in [-0.4, -0.2) is 21.5 Å². The van der Waals surface area contributed by atoms with Crippen molar-refractivity contribution in [3.63, 3.8) is 0 Å². The highest BCUT2D eigenvalue weighted by molar-refractivity contribution is 5.70. The molecule has 0 radical (unpaired) electrons. The Kier molecular flexibility index (Phi) is 3.60. The lowest BCUT2D eigenvalue weighted by Crippen LogP contribution is -2.36. The second-order valence-corrected chi connectivity index (χ2v) is 5.38. The van der Waals surface area contributed by atoms with Gasteiger partial charge in [-0.1, -0.05) is 12.8 Å². The van der Waals surface area contributed by atoms with Crippen molar-refractivity contribution < 1.29 is 9.53 Å². The lowest BCUT2D eigenvalue weighted by Gasteiger charge is -2.11. The minimum absolute atomic E-state index is 0.0631. The van der Waals surface area contributed by atoms with E-state index in [1.165, 1.54) is 10.6 Å². The molecule has 0 bridgehead atoms. The number of amides is 1. The molecular formula is C15H17N3O3. The van der Waals surface area contributed by atoms with Gasteiger partial charge in [0.05, 0.1) is 6.20 Å². The molecule has 2 heterocycles. The summed E-state index contributed by atoms with van der Waals surface area (Å²) in [6.45, 7) is 1.92. The highest BCUT2D eigenvalue weighted by Crippen LogP contribution is 2.17. The summed E-state index contributed by atoms with van der Waals surface area (Å²) in [5.74, 6) is -0.0631. The van der Waals surface area contributed by atoms with Crippen molar-refractivity contribution in [2.45, 2.75) is 38.6 Å². The number of carbonyl (C=O) groups is 1. The maximum Gasteiger partial charge on any atom is 0.413 e.